The molecule has 0 radical (unpaired) electrons. The first-order chi connectivity index (χ1) is 7.84. The number of aromatic nitrogens is 3. The van der Waals surface area contributed by atoms with E-state index in [0.717, 1.165) is 16.9 Å². The van der Waals surface area contributed by atoms with E-state index in [9.17, 15) is 0 Å². The van der Waals surface area contributed by atoms with Crippen LogP contribution in [0.4, 0.5) is 0 Å². The zero-order valence-electron chi connectivity index (χ0n) is 8.96. The maximum Gasteiger partial charge on any atom is 0.137 e. The Hall–Kier alpha value is -2.16. The molecule has 0 aromatic carbocycles. The van der Waals surface area contributed by atoms with Crippen molar-refractivity contribution in [3.8, 4) is 11.3 Å². The zero-order valence-corrected chi connectivity index (χ0v) is 8.96. The van der Waals surface area contributed by atoms with Gasteiger partial charge in [-0.15, -0.1) is 0 Å². The Morgan fingerprint density at radius 2 is 2.06 bits per heavy atom. The van der Waals surface area contributed by atoms with Gasteiger partial charge in [0, 0.05) is 24.2 Å². The lowest BCUT2D eigenvalue weighted by Gasteiger charge is -2.01. The minimum Gasteiger partial charge on any atom is -0.299 e. The summed E-state index contributed by atoms with van der Waals surface area (Å²) >= 11 is 0. The summed E-state index contributed by atoms with van der Waals surface area (Å²) in [6.45, 7) is 2.08. The van der Waals surface area contributed by atoms with E-state index < -0.39 is 0 Å². The molecule has 16 heavy (non-hydrogen) atoms. The molecule has 0 atom stereocenters. The summed E-state index contributed by atoms with van der Waals surface area (Å²) in [6, 6.07) is 8.06. The minimum absolute atomic E-state index is 0.962. The summed E-state index contributed by atoms with van der Waals surface area (Å²) in [5.41, 5.74) is 4.34. The summed E-state index contributed by atoms with van der Waals surface area (Å²) in [5, 5.41) is 0. The van der Waals surface area contributed by atoms with Crippen LogP contribution in [0.15, 0.2) is 49.1 Å². The second kappa shape index (κ2) is 3.45. The Bertz CT molecular complexity index is 626. The molecule has 0 bridgehead atoms. The van der Waals surface area contributed by atoms with E-state index in [-0.39, 0.29) is 0 Å². The number of hydrogen-bond acceptors (Lipinski definition) is 2. The molecular weight excluding hydrogens is 198 g/mol. The van der Waals surface area contributed by atoms with Crippen molar-refractivity contribution in [2.45, 2.75) is 6.92 Å². The number of fused-ring (bicyclic) bond motifs is 1. The highest BCUT2D eigenvalue weighted by atomic mass is 15.0. The molecule has 0 saturated heterocycles. The molecule has 0 spiro atoms. The lowest BCUT2D eigenvalue weighted by atomic mass is 10.2. The third kappa shape index (κ3) is 1.37. The molecule has 3 aromatic heterocycles. The van der Waals surface area contributed by atoms with E-state index in [4.69, 9.17) is 0 Å². The molecule has 3 nitrogen and oxygen atoms in total. The first-order valence-corrected chi connectivity index (χ1v) is 5.19. The SMILES string of the molecule is Cc1ccc2ncc(-c3cccnc3)n2c1. The second-order valence-corrected chi connectivity index (χ2v) is 3.82. The topological polar surface area (TPSA) is 30.2 Å². The highest BCUT2D eigenvalue weighted by molar-refractivity contribution is 5.62. The van der Waals surface area contributed by atoms with Crippen LogP contribution in [0, 0.1) is 6.92 Å². The molecule has 0 aliphatic carbocycles. The van der Waals surface area contributed by atoms with Gasteiger partial charge < -0.3 is 0 Å². The van der Waals surface area contributed by atoms with E-state index in [1.54, 1.807) is 6.20 Å². The summed E-state index contributed by atoms with van der Waals surface area (Å²) in [7, 11) is 0. The predicted octanol–water partition coefficient (Wildman–Crippen LogP) is 2.70. The summed E-state index contributed by atoms with van der Waals surface area (Å²) < 4.78 is 2.09. The fourth-order valence-corrected chi connectivity index (χ4v) is 1.81. The molecule has 0 fully saturated rings. The van der Waals surface area contributed by atoms with Gasteiger partial charge in [-0.25, -0.2) is 4.98 Å². The third-order valence-electron chi connectivity index (χ3n) is 2.61. The summed E-state index contributed by atoms with van der Waals surface area (Å²) in [5.74, 6) is 0. The Balaban J connectivity index is 2.29. The average Bonchev–Trinajstić information content (AvgIpc) is 2.73. The monoisotopic (exact) mass is 209 g/mol. The van der Waals surface area contributed by atoms with E-state index in [1.807, 2.05) is 30.6 Å². The maximum atomic E-state index is 4.37. The number of aryl methyl sites for hydroxylation is 1. The Labute approximate surface area is 93.4 Å². The molecule has 3 heterocycles. The molecule has 0 aliphatic rings. The largest absolute Gasteiger partial charge is 0.299 e. The first-order valence-electron chi connectivity index (χ1n) is 5.19. The van der Waals surface area contributed by atoms with Crippen molar-refractivity contribution in [3.63, 3.8) is 0 Å². The van der Waals surface area contributed by atoms with Crippen molar-refractivity contribution in [1.82, 2.24) is 14.4 Å². The van der Waals surface area contributed by atoms with Crippen molar-refractivity contribution >= 4 is 5.65 Å². The van der Waals surface area contributed by atoms with Gasteiger partial charge in [0.2, 0.25) is 0 Å². The van der Waals surface area contributed by atoms with Crippen LogP contribution in [-0.2, 0) is 0 Å². The smallest absolute Gasteiger partial charge is 0.137 e. The van der Waals surface area contributed by atoms with Crippen LogP contribution in [0.2, 0.25) is 0 Å². The van der Waals surface area contributed by atoms with Crippen molar-refractivity contribution in [2.75, 3.05) is 0 Å². The van der Waals surface area contributed by atoms with Crippen molar-refractivity contribution in [2.24, 2.45) is 0 Å². The van der Waals surface area contributed by atoms with Gasteiger partial charge in [0.25, 0.3) is 0 Å². The predicted molar refractivity (Wildman–Crippen MR) is 63.2 cm³/mol. The molecule has 3 rings (SSSR count). The van der Waals surface area contributed by atoms with Crippen LogP contribution in [-0.4, -0.2) is 14.4 Å². The number of imidazole rings is 1. The maximum absolute atomic E-state index is 4.37. The van der Waals surface area contributed by atoms with Crippen molar-refractivity contribution in [1.29, 1.82) is 0 Å². The highest BCUT2D eigenvalue weighted by Crippen LogP contribution is 2.19. The average molecular weight is 209 g/mol. The van der Waals surface area contributed by atoms with Gasteiger partial charge in [-0.1, -0.05) is 6.07 Å². The molecule has 0 unspecified atom stereocenters. The molecule has 0 amide bonds. The Morgan fingerprint density at radius 1 is 1.12 bits per heavy atom. The van der Waals surface area contributed by atoms with E-state index >= 15 is 0 Å². The standard InChI is InChI=1S/C13H11N3/c1-10-4-5-13-15-8-12(16(13)9-10)11-3-2-6-14-7-11/h2-9H,1H3. The molecule has 3 heteroatoms. The third-order valence-corrected chi connectivity index (χ3v) is 2.61. The molecular formula is C13H11N3. The Morgan fingerprint density at radius 3 is 2.88 bits per heavy atom. The van der Waals surface area contributed by atoms with Gasteiger partial charge in [0.1, 0.15) is 5.65 Å². The van der Waals surface area contributed by atoms with E-state index in [2.05, 4.69) is 33.6 Å². The summed E-state index contributed by atoms with van der Waals surface area (Å²) in [6.07, 6.45) is 7.60. The van der Waals surface area contributed by atoms with Crippen LogP contribution >= 0.6 is 0 Å². The molecule has 0 N–H and O–H groups in total. The van der Waals surface area contributed by atoms with Gasteiger partial charge in [-0.2, -0.15) is 0 Å². The van der Waals surface area contributed by atoms with Crippen LogP contribution in [0.3, 0.4) is 0 Å². The van der Waals surface area contributed by atoms with E-state index in [1.165, 1.54) is 5.56 Å². The van der Waals surface area contributed by atoms with Crippen molar-refractivity contribution < 1.29 is 0 Å². The van der Waals surface area contributed by atoms with Gasteiger partial charge in [0.15, 0.2) is 0 Å². The quantitative estimate of drug-likeness (QED) is 0.616. The van der Waals surface area contributed by atoms with Crippen LogP contribution in [0.25, 0.3) is 16.9 Å². The molecule has 78 valence electrons. The molecule has 3 aromatic rings. The lowest BCUT2D eigenvalue weighted by Crippen LogP contribution is -1.89. The lowest BCUT2D eigenvalue weighted by molar-refractivity contribution is 1.15. The van der Waals surface area contributed by atoms with Gasteiger partial charge in [0.05, 0.1) is 11.9 Å². The highest BCUT2D eigenvalue weighted by Gasteiger charge is 2.04. The fraction of sp³-hybridized carbons (Fsp3) is 0.0769. The van der Waals surface area contributed by atoms with Crippen molar-refractivity contribution in [3.05, 3.63) is 54.6 Å². The normalized spacial score (nSPS) is 10.8. The first kappa shape index (κ1) is 9.09. The van der Waals surface area contributed by atoms with Crippen LogP contribution in [0.5, 0.6) is 0 Å². The van der Waals surface area contributed by atoms with Gasteiger partial charge in [-0.05, 0) is 30.7 Å². The van der Waals surface area contributed by atoms with Crippen LogP contribution < -0.4 is 0 Å². The number of rotatable bonds is 1. The fourth-order valence-electron chi connectivity index (χ4n) is 1.81. The molecule has 0 aliphatic heterocycles. The second-order valence-electron chi connectivity index (χ2n) is 3.82. The Kier molecular flexibility index (Phi) is 1.96. The van der Waals surface area contributed by atoms with E-state index in [0.29, 0.717) is 0 Å². The summed E-state index contributed by atoms with van der Waals surface area (Å²) in [4.78, 5) is 8.50. The van der Waals surface area contributed by atoms with Gasteiger partial charge in [-0.3, -0.25) is 9.38 Å². The minimum atomic E-state index is 0.962. The number of pyridine rings is 2. The zero-order chi connectivity index (χ0) is 11.0. The van der Waals surface area contributed by atoms with Gasteiger partial charge >= 0.3 is 0 Å². The molecule has 0 saturated carbocycles. The van der Waals surface area contributed by atoms with Crippen LogP contribution in [0.1, 0.15) is 5.56 Å². The number of hydrogen-bond donors (Lipinski definition) is 0. The number of nitrogens with zero attached hydrogens (tertiary/aromatic N) is 3.